The predicted octanol–water partition coefficient (Wildman–Crippen LogP) is 3.64. The second-order valence-corrected chi connectivity index (χ2v) is 4.67. The van der Waals surface area contributed by atoms with E-state index in [4.69, 9.17) is 9.47 Å². The molecule has 108 valence electrons. The van der Waals surface area contributed by atoms with Gasteiger partial charge in [-0.05, 0) is 42.0 Å². The predicted molar refractivity (Wildman–Crippen MR) is 80.3 cm³/mol. The van der Waals surface area contributed by atoms with E-state index in [-0.39, 0.29) is 5.97 Å². The van der Waals surface area contributed by atoms with Crippen LogP contribution in [0.15, 0.2) is 48.6 Å². The van der Waals surface area contributed by atoms with Crippen molar-refractivity contribution in [3.63, 3.8) is 0 Å². The van der Waals surface area contributed by atoms with Gasteiger partial charge in [-0.2, -0.15) is 0 Å². The zero-order chi connectivity index (χ0) is 15.4. The van der Waals surface area contributed by atoms with Gasteiger partial charge in [0.2, 0.25) is 0 Å². The van der Waals surface area contributed by atoms with Gasteiger partial charge in [-0.25, -0.2) is 4.79 Å². The average Bonchev–Trinajstić information content (AvgIpc) is 2.47. The smallest absolute Gasteiger partial charge is 0.338 e. The van der Waals surface area contributed by atoms with Crippen molar-refractivity contribution in [1.82, 2.24) is 0 Å². The highest BCUT2D eigenvalue weighted by Gasteiger charge is 2.07. The molecule has 2 rings (SSSR count). The standard InChI is InChI=1S/C17H16O4/c1-4-16(18)20-14-7-5-13-10-15(8-6-12(13)9-14)21-17(19)11(2)3/h5-10H,2,4H2,1,3H3. The van der Waals surface area contributed by atoms with Crippen molar-refractivity contribution < 1.29 is 19.1 Å². The van der Waals surface area contributed by atoms with Gasteiger partial charge >= 0.3 is 11.9 Å². The summed E-state index contributed by atoms with van der Waals surface area (Å²) in [6.07, 6.45) is 0.327. The third kappa shape index (κ3) is 3.69. The Bertz CT molecular complexity index is 716. The van der Waals surface area contributed by atoms with Crippen molar-refractivity contribution in [2.24, 2.45) is 0 Å². The van der Waals surface area contributed by atoms with E-state index in [0.29, 0.717) is 23.5 Å². The first-order valence-electron chi connectivity index (χ1n) is 6.62. The van der Waals surface area contributed by atoms with Crippen LogP contribution in [0.3, 0.4) is 0 Å². The Hall–Kier alpha value is -2.62. The summed E-state index contributed by atoms with van der Waals surface area (Å²) in [6, 6.07) is 10.5. The van der Waals surface area contributed by atoms with Crippen molar-refractivity contribution in [2.45, 2.75) is 20.3 Å². The molecule has 0 saturated heterocycles. The second kappa shape index (κ2) is 6.22. The number of esters is 2. The number of rotatable bonds is 4. The maximum atomic E-state index is 11.5. The third-order valence-corrected chi connectivity index (χ3v) is 2.86. The molecular weight excluding hydrogens is 268 g/mol. The Morgan fingerprint density at radius 2 is 1.52 bits per heavy atom. The Kier molecular flexibility index (Phi) is 4.38. The summed E-state index contributed by atoms with van der Waals surface area (Å²) in [5, 5.41) is 1.78. The minimum Gasteiger partial charge on any atom is -0.427 e. The van der Waals surface area contributed by atoms with Crippen LogP contribution in [-0.4, -0.2) is 11.9 Å². The zero-order valence-electron chi connectivity index (χ0n) is 12.0. The van der Waals surface area contributed by atoms with Gasteiger partial charge in [0.1, 0.15) is 11.5 Å². The summed E-state index contributed by atoms with van der Waals surface area (Å²) in [4.78, 5) is 22.7. The zero-order valence-corrected chi connectivity index (χ0v) is 12.0. The molecule has 0 aliphatic heterocycles. The molecule has 4 heteroatoms. The Morgan fingerprint density at radius 3 is 2.00 bits per heavy atom. The van der Waals surface area contributed by atoms with Crippen LogP contribution >= 0.6 is 0 Å². The molecule has 0 aliphatic carbocycles. The summed E-state index contributed by atoms with van der Waals surface area (Å²) in [5.74, 6) is 0.221. The van der Waals surface area contributed by atoms with E-state index < -0.39 is 5.97 Å². The Balaban J connectivity index is 2.25. The van der Waals surface area contributed by atoms with Crippen LogP contribution in [0.25, 0.3) is 10.8 Å². The number of carbonyl (C=O) groups is 2. The minimum absolute atomic E-state index is 0.277. The van der Waals surface area contributed by atoms with E-state index in [0.717, 1.165) is 10.8 Å². The lowest BCUT2D eigenvalue weighted by molar-refractivity contribution is -0.134. The second-order valence-electron chi connectivity index (χ2n) is 4.67. The van der Waals surface area contributed by atoms with Gasteiger partial charge in [0, 0.05) is 12.0 Å². The van der Waals surface area contributed by atoms with E-state index in [1.54, 1.807) is 44.2 Å². The summed E-state index contributed by atoms with van der Waals surface area (Å²) in [5.41, 5.74) is 0.344. The van der Waals surface area contributed by atoms with Crippen LogP contribution in [0, 0.1) is 0 Å². The maximum Gasteiger partial charge on any atom is 0.338 e. The summed E-state index contributed by atoms with van der Waals surface area (Å²) in [6.45, 7) is 6.87. The highest BCUT2D eigenvalue weighted by Crippen LogP contribution is 2.25. The van der Waals surface area contributed by atoms with Crippen LogP contribution in [-0.2, 0) is 9.59 Å². The number of fused-ring (bicyclic) bond motifs is 1. The largest absolute Gasteiger partial charge is 0.427 e. The summed E-state index contributed by atoms with van der Waals surface area (Å²) in [7, 11) is 0. The maximum absolute atomic E-state index is 11.5. The molecular formula is C17H16O4. The quantitative estimate of drug-likeness (QED) is 0.488. The Labute approximate surface area is 123 Å². The van der Waals surface area contributed by atoms with Gasteiger partial charge in [-0.1, -0.05) is 25.6 Å². The monoisotopic (exact) mass is 284 g/mol. The van der Waals surface area contributed by atoms with Gasteiger partial charge in [-0.15, -0.1) is 0 Å². The molecule has 0 radical (unpaired) electrons. The molecule has 4 nitrogen and oxygen atoms in total. The lowest BCUT2D eigenvalue weighted by Crippen LogP contribution is -2.08. The first kappa shape index (κ1) is 14.8. The van der Waals surface area contributed by atoms with Crippen molar-refractivity contribution in [2.75, 3.05) is 0 Å². The number of carbonyl (C=O) groups excluding carboxylic acids is 2. The first-order valence-corrected chi connectivity index (χ1v) is 6.62. The molecule has 0 bridgehead atoms. The molecule has 0 unspecified atom stereocenters. The molecule has 0 aromatic heterocycles. The fourth-order valence-corrected chi connectivity index (χ4v) is 1.73. The fourth-order valence-electron chi connectivity index (χ4n) is 1.73. The highest BCUT2D eigenvalue weighted by molar-refractivity contribution is 5.90. The van der Waals surface area contributed by atoms with Crippen molar-refractivity contribution in [3.8, 4) is 11.5 Å². The van der Waals surface area contributed by atoms with Gasteiger partial charge in [0.05, 0.1) is 0 Å². The van der Waals surface area contributed by atoms with Crippen LogP contribution in [0.1, 0.15) is 20.3 Å². The molecule has 0 aliphatic rings. The normalized spacial score (nSPS) is 10.2. The third-order valence-electron chi connectivity index (χ3n) is 2.86. The van der Waals surface area contributed by atoms with E-state index in [2.05, 4.69) is 6.58 Å². The van der Waals surface area contributed by atoms with E-state index >= 15 is 0 Å². The molecule has 0 atom stereocenters. The lowest BCUT2D eigenvalue weighted by Gasteiger charge is -2.07. The van der Waals surface area contributed by atoms with Gasteiger partial charge in [0.15, 0.2) is 0 Å². The fraction of sp³-hybridized carbons (Fsp3) is 0.176. The summed E-state index contributed by atoms with van der Waals surface area (Å²) < 4.78 is 10.3. The minimum atomic E-state index is -0.456. The SMILES string of the molecule is C=C(C)C(=O)Oc1ccc2cc(OC(=O)CC)ccc2c1. The van der Waals surface area contributed by atoms with E-state index in [9.17, 15) is 9.59 Å². The number of ether oxygens (including phenoxy) is 2. The van der Waals surface area contributed by atoms with Crippen LogP contribution in [0.4, 0.5) is 0 Å². The summed E-state index contributed by atoms with van der Waals surface area (Å²) >= 11 is 0. The molecule has 0 saturated carbocycles. The lowest BCUT2D eigenvalue weighted by atomic mass is 10.1. The number of hydrogen-bond donors (Lipinski definition) is 0. The van der Waals surface area contributed by atoms with E-state index in [1.165, 1.54) is 0 Å². The Morgan fingerprint density at radius 1 is 1.00 bits per heavy atom. The topological polar surface area (TPSA) is 52.6 Å². The highest BCUT2D eigenvalue weighted by atomic mass is 16.5. The first-order chi connectivity index (χ1) is 9.99. The molecule has 0 N–H and O–H groups in total. The molecule has 2 aromatic carbocycles. The van der Waals surface area contributed by atoms with Crippen molar-refractivity contribution in [1.29, 1.82) is 0 Å². The number of hydrogen-bond acceptors (Lipinski definition) is 4. The van der Waals surface area contributed by atoms with E-state index in [1.807, 2.05) is 6.07 Å². The van der Waals surface area contributed by atoms with Gasteiger partial charge < -0.3 is 9.47 Å². The van der Waals surface area contributed by atoms with Crippen molar-refractivity contribution >= 4 is 22.7 Å². The molecule has 21 heavy (non-hydrogen) atoms. The van der Waals surface area contributed by atoms with Gasteiger partial charge in [0.25, 0.3) is 0 Å². The van der Waals surface area contributed by atoms with Crippen LogP contribution in [0.5, 0.6) is 11.5 Å². The number of benzene rings is 2. The van der Waals surface area contributed by atoms with Crippen LogP contribution in [0.2, 0.25) is 0 Å². The molecule has 0 spiro atoms. The van der Waals surface area contributed by atoms with Crippen LogP contribution < -0.4 is 9.47 Å². The van der Waals surface area contributed by atoms with Gasteiger partial charge in [-0.3, -0.25) is 4.79 Å². The molecule has 0 amide bonds. The average molecular weight is 284 g/mol. The van der Waals surface area contributed by atoms with Crippen molar-refractivity contribution in [3.05, 3.63) is 48.6 Å². The molecule has 0 heterocycles. The molecule has 2 aromatic rings. The molecule has 0 fully saturated rings.